The number of rotatable bonds is 2. The molecule has 0 fully saturated rings. The van der Waals surface area contributed by atoms with Crippen LogP contribution in [0.25, 0.3) is 49.7 Å². The zero-order valence-electron chi connectivity index (χ0n) is 19.4. The average Bonchev–Trinajstić information content (AvgIpc) is 3.35. The fourth-order valence-electron chi connectivity index (χ4n) is 6.10. The molecule has 7 rings (SSSR count). The second kappa shape index (κ2) is 6.95. The molecule has 0 atom stereocenters. The molecule has 1 aromatic heterocycles. The van der Waals surface area contributed by atoms with E-state index in [0.717, 1.165) is 0 Å². The van der Waals surface area contributed by atoms with E-state index in [-0.39, 0.29) is 5.41 Å². The molecule has 1 aliphatic rings. The van der Waals surface area contributed by atoms with E-state index in [2.05, 4.69) is 134 Å². The van der Waals surface area contributed by atoms with Crippen molar-refractivity contribution in [3.05, 3.63) is 126 Å². The summed E-state index contributed by atoms with van der Waals surface area (Å²) in [6.45, 7) is 4.79. The lowest BCUT2D eigenvalue weighted by molar-refractivity contribution is 0.672. The van der Waals surface area contributed by atoms with E-state index in [1.165, 1.54) is 60.9 Å². The van der Waals surface area contributed by atoms with E-state index >= 15 is 0 Å². The van der Waals surface area contributed by atoms with Crippen molar-refractivity contribution in [3.63, 3.8) is 0 Å². The van der Waals surface area contributed by atoms with Gasteiger partial charge in [-0.3, -0.25) is 0 Å². The molecule has 0 saturated carbocycles. The molecule has 5 aromatic carbocycles. The third-order valence-electron chi connectivity index (χ3n) is 7.52. The van der Waals surface area contributed by atoms with Crippen LogP contribution in [0.15, 0.2) is 115 Å². The maximum absolute atomic E-state index is 2.47. The first kappa shape index (κ1) is 19.4. The molecule has 6 aromatic rings. The van der Waals surface area contributed by atoms with Crippen molar-refractivity contribution in [2.45, 2.75) is 19.3 Å². The van der Waals surface area contributed by atoms with Gasteiger partial charge in [0.25, 0.3) is 0 Å². The number of nitrogens with zero attached hydrogens (tertiary/aromatic N) is 1. The van der Waals surface area contributed by atoms with E-state index in [9.17, 15) is 0 Å². The highest BCUT2D eigenvalue weighted by Gasteiger charge is 2.41. The topological polar surface area (TPSA) is 4.93 Å². The summed E-state index contributed by atoms with van der Waals surface area (Å²) in [6.07, 6.45) is 0. The molecule has 0 bridgehead atoms. The van der Waals surface area contributed by atoms with Crippen LogP contribution in [-0.4, -0.2) is 4.57 Å². The molecular weight excluding hydrogens is 410 g/mol. The lowest BCUT2D eigenvalue weighted by Gasteiger charge is -2.23. The normalized spacial score (nSPS) is 13.8. The second-order valence-electron chi connectivity index (χ2n) is 9.83. The molecule has 34 heavy (non-hydrogen) atoms. The third kappa shape index (κ3) is 2.55. The van der Waals surface area contributed by atoms with Gasteiger partial charge in [0, 0.05) is 22.1 Å². The Morgan fingerprint density at radius 1 is 0.559 bits per heavy atom. The minimum absolute atomic E-state index is 0.112. The predicted octanol–water partition coefficient (Wildman–Crippen LogP) is 8.76. The summed E-state index contributed by atoms with van der Waals surface area (Å²) in [5, 5.41) is 4.00. The van der Waals surface area contributed by atoms with Crippen LogP contribution in [0.1, 0.15) is 25.0 Å². The van der Waals surface area contributed by atoms with Crippen molar-refractivity contribution in [2.75, 3.05) is 0 Å². The van der Waals surface area contributed by atoms with Gasteiger partial charge in [0.05, 0.1) is 11.2 Å². The smallest absolute Gasteiger partial charge is 0.0585 e. The fourth-order valence-corrected chi connectivity index (χ4v) is 6.10. The van der Waals surface area contributed by atoms with Crippen LogP contribution in [0.5, 0.6) is 0 Å². The molecular formula is C33H25N. The summed E-state index contributed by atoms with van der Waals surface area (Å²) >= 11 is 0. The molecule has 0 saturated heterocycles. The van der Waals surface area contributed by atoms with Gasteiger partial charge in [0.1, 0.15) is 0 Å². The lowest BCUT2D eigenvalue weighted by atomic mass is 9.79. The van der Waals surface area contributed by atoms with Crippen LogP contribution in [-0.2, 0) is 5.41 Å². The number of aromatic nitrogens is 1. The summed E-state index contributed by atoms with van der Waals surface area (Å²) in [4.78, 5) is 0. The van der Waals surface area contributed by atoms with Crippen molar-refractivity contribution in [1.82, 2.24) is 4.57 Å². The monoisotopic (exact) mass is 435 g/mol. The second-order valence-corrected chi connectivity index (χ2v) is 9.83. The van der Waals surface area contributed by atoms with Crippen LogP contribution >= 0.6 is 0 Å². The maximum atomic E-state index is 2.47. The van der Waals surface area contributed by atoms with Gasteiger partial charge in [-0.05, 0) is 57.3 Å². The van der Waals surface area contributed by atoms with Crippen LogP contribution in [0.3, 0.4) is 0 Å². The Hall–Kier alpha value is -4.10. The van der Waals surface area contributed by atoms with Crippen LogP contribution in [0.2, 0.25) is 0 Å². The summed E-state index contributed by atoms with van der Waals surface area (Å²) in [6, 6.07) is 41.9. The first-order valence-corrected chi connectivity index (χ1v) is 12.0. The minimum atomic E-state index is -0.112. The summed E-state index contributed by atoms with van der Waals surface area (Å²) < 4.78 is 2.47. The van der Waals surface area contributed by atoms with Crippen molar-refractivity contribution >= 4 is 21.7 Å². The lowest BCUT2D eigenvalue weighted by Crippen LogP contribution is -2.15. The van der Waals surface area contributed by atoms with E-state index in [4.69, 9.17) is 0 Å². The molecule has 0 aliphatic heterocycles. The van der Waals surface area contributed by atoms with E-state index in [0.29, 0.717) is 0 Å². The van der Waals surface area contributed by atoms with Crippen LogP contribution in [0, 0.1) is 0 Å². The van der Waals surface area contributed by atoms with Crippen molar-refractivity contribution in [1.29, 1.82) is 0 Å². The molecule has 1 aliphatic carbocycles. The van der Waals surface area contributed by atoms with Gasteiger partial charge in [-0.1, -0.05) is 105 Å². The first-order valence-electron chi connectivity index (χ1n) is 12.0. The Morgan fingerprint density at radius 3 is 2.06 bits per heavy atom. The molecule has 0 spiro atoms. The minimum Gasteiger partial charge on any atom is -0.309 e. The summed E-state index contributed by atoms with van der Waals surface area (Å²) in [5.74, 6) is 0. The molecule has 0 N–H and O–H groups in total. The molecule has 1 nitrogen and oxygen atoms in total. The van der Waals surface area contributed by atoms with E-state index < -0.39 is 0 Å². The molecule has 0 unspecified atom stereocenters. The number of hydrogen-bond donors (Lipinski definition) is 0. The highest BCUT2D eigenvalue weighted by molar-refractivity contribution is 6.05. The summed E-state index contributed by atoms with van der Waals surface area (Å²) in [5.41, 5.74) is 10.4. The predicted molar refractivity (Wildman–Crippen MR) is 144 cm³/mol. The van der Waals surface area contributed by atoms with Gasteiger partial charge in [-0.25, -0.2) is 0 Å². The number of benzene rings is 5. The Morgan fingerprint density at radius 2 is 1.26 bits per heavy atom. The quantitative estimate of drug-likeness (QED) is 0.256. The Kier molecular flexibility index (Phi) is 3.96. The maximum Gasteiger partial charge on any atom is 0.0585 e. The van der Waals surface area contributed by atoms with Gasteiger partial charge in [0.15, 0.2) is 0 Å². The zero-order chi connectivity index (χ0) is 22.9. The van der Waals surface area contributed by atoms with Gasteiger partial charge < -0.3 is 4.57 Å². The van der Waals surface area contributed by atoms with Crippen molar-refractivity contribution in [2.24, 2.45) is 0 Å². The standard InChI is InChI=1S/C33H25N/c1-33(2)30-26-16-10-9-13-23(26)17-19-27(30)32-31(33)28-21-24(22-11-5-3-6-12-22)18-20-29(28)34(32)25-14-7-4-8-15-25/h3-21H,1-2H3. The largest absolute Gasteiger partial charge is 0.309 e. The van der Waals surface area contributed by atoms with Gasteiger partial charge in [-0.15, -0.1) is 0 Å². The molecule has 0 radical (unpaired) electrons. The number of hydrogen-bond acceptors (Lipinski definition) is 0. The average molecular weight is 436 g/mol. The van der Waals surface area contributed by atoms with Gasteiger partial charge in [-0.2, -0.15) is 0 Å². The van der Waals surface area contributed by atoms with Gasteiger partial charge in [0.2, 0.25) is 0 Å². The number of fused-ring (bicyclic) bond motifs is 7. The fraction of sp³-hybridized carbons (Fsp3) is 0.0909. The number of para-hydroxylation sites is 1. The summed E-state index contributed by atoms with van der Waals surface area (Å²) in [7, 11) is 0. The highest BCUT2D eigenvalue weighted by Crippen LogP contribution is 2.55. The van der Waals surface area contributed by atoms with E-state index in [1.807, 2.05) is 0 Å². The van der Waals surface area contributed by atoms with Crippen molar-refractivity contribution in [3.8, 4) is 28.1 Å². The van der Waals surface area contributed by atoms with E-state index in [1.54, 1.807) is 0 Å². The highest BCUT2D eigenvalue weighted by atomic mass is 15.0. The first-order chi connectivity index (χ1) is 16.6. The zero-order valence-corrected chi connectivity index (χ0v) is 19.4. The molecule has 162 valence electrons. The Balaban J connectivity index is 1.63. The molecule has 1 heteroatoms. The third-order valence-corrected chi connectivity index (χ3v) is 7.52. The molecule has 0 amide bonds. The van der Waals surface area contributed by atoms with Crippen LogP contribution in [0.4, 0.5) is 0 Å². The Labute approximate surface area is 199 Å². The SMILES string of the molecule is CC1(C)c2c(ccc3ccccc23)-c2c1c1cc(-c3ccccc3)ccc1n2-c1ccccc1. The Bertz CT molecular complexity index is 1700. The van der Waals surface area contributed by atoms with Gasteiger partial charge >= 0.3 is 0 Å². The molecule has 1 heterocycles. The van der Waals surface area contributed by atoms with Crippen molar-refractivity contribution < 1.29 is 0 Å². The van der Waals surface area contributed by atoms with Crippen LogP contribution < -0.4 is 0 Å².